The number of para-hydroxylation sites is 1. The topological polar surface area (TPSA) is 142 Å². The second-order valence-corrected chi connectivity index (χ2v) is 7.59. The Morgan fingerprint density at radius 2 is 1.74 bits per heavy atom. The van der Waals surface area contributed by atoms with Gasteiger partial charge in [0.1, 0.15) is 22.7 Å². The number of hydrogen-bond acceptors (Lipinski definition) is 6. The molecule has 9 nitrogen and oxygen atoms in total. The first kappa shape index (κ1) is 25.3. The third-order valence-electron chi connectivity index (χ3n) is 5.38. The number of rotatable bonds is 8. The van der Waals surface area contributed by atoms with Crippen molar-refractivity contribution in [1.82, 2.24) is 9.78 Å². The van der Waals surface area contributed by atoms with Crippen LogP contribution in [-0.2, 0) is 4.74 Å². The Bertz CT molecular complexity index is 1320. The van der Waals surface area contributed by atoms with Crippen molar-refractivity contribution in [2.45, 2.75) is 6.92 Å². The smallest absolute Gasteiger partial charge is 0.342 e. The number of quaternary nitrogens is 1. The van der Waals surface area contributed by atoms with Gasteiger partial charge in [-0.2, -0.15) is 5.10 Å². The fourth-order valence-electron chi connectivity index (χ4n) is 3.43. The molecule has 0 bridgehead atoms. The number of Topliss-reactive ketones (excluding diaryl/α,β-unsaturated/α-hetero) is 1. The number of benzene rings is 3. The molecule has 1 aromatic heterocycles. The van der Waals surface area contributed by atoms with Gasteiger partial charge < -0.3 is 25.6 Å². The second kappa shape index (κ2) is 11.2. The van der Waals surface area contributed by atoms with Crippen molar-refractivity contribution in [2.24, 2.45) is 0 Å². The Hall–Kier alpha value is -4.31. The van der Waals surface area contributed by atoms with Crippen LogP contribution in [0.3, 0.4) is 0 Å². The van der Waals surface area contributed by atoms with Crippen LogP contribution in [0.4, 0.5) is 5.69 Å². The molecule has 0 amide bonds. The van der Waals surface area contributed by atoms with Crippen LogP contribution in [0.25, 0.3) is 16.9 Å². The number of carbonyl (C=O) groups excluding carboxylic acids is 2. The minimum absolute atomic E-state index is 0. The van der Waals surface area contributed by atoms with E-state index in [0.717, 1.165) is 11.3 Å². The van der Waals surface area contributed by atoms with Gasteiger partial charge in [-0.15, -0.1) is 0 Å². The molecule has 4 aromatic rings. The minimum Gasteiger partial charge on any atom is -0.630 e. The van der Waals surface area contributed by atoms with E-state index in [1.165, 1.54) is 6.07 Å². The summed E-state index contributed by atoms with van der Waals surface area (Å²) >= 11 is 0. The SMILES string of the molecule is COc1ccc(-c2nn(-c3ccccc3)cc2C(=O)OCC(=O)c2ccc(C)c([NH2+][O-])c2)cc1.O. The first-order valence-corrected chi connectivity index (χ1v) is 10.6. The summed E-state index contributed by atoms with van der Waals surface area (Å²) in [7, 11) is 1.57. The molecule has 0 aliphatic carbocycles. The second-order valence-electron chi connectivity index (χ2n) is 7.59. The molecule has 0 radical (unpaired) electrons. The average molecular weight is 476 g/mol. The molecule has 4 N–H and O–H groups in total. The Balaban J connectivity index is 0.00000342. The van der Waals surface area contributed by atoms with Gasteiger partial charge in [-0.3, -0.25) is 4.79 Å². The van der Waals surface area contributed by atoms with Gasteiger partial charge in [0.15, 0.2) is 6.61 Å². The van der Waals surface area contributed by atoms with Crippen molar-refractivity contribution in [3.63, 3.8) is 0 Å². The van der Waals surface area contributed by atoms with Crippen molar-refractivity contribution < 1.29 is 30.0 Å². The van der Waals surface area contributed by atoms with E-state index in [4.69, 9.17) is 9.47 Å². The Labute approximate surface area is 201 Å². The highest BCUT2D eigenvalue weighted by molar-refractivity contribution is 6.01. The van der Waals surface area contributed by atoms with Crippen LogP contribution >= 0.6 is 0 Å². The van der Waals surface area contributed by atoms with E-state index in [1.807, 2.05) is 30.3 Å². The Morgan fingerprint density at radius 1 is 1.03 bits per heavy atom. The van der Waals surface area contributed by atoms with Gasteiger partial charge in [-0.05, 0) is 43.3 Å². The van der Waals surface area contributed by atoms with E-state index >= 15 is 0 Å². The van der Waals surface area contributed by atoms with Crippen molar-refractivity contribution in [3.05, 3.63) is 101 Å². The lowest BCUT2D eigenvalue weighted by Gasteiger charge is -2.08. The lowest BCUT2D eigenvalue weighted by Crippen LogP contribution is -2.70. The van der Waals surface area contributed by atoms with E-state index in [1.54, 1.807) is 61.3 Å². The largest absolute Gasteiger partial charge is 0.630 e. The number of ketones is 1. The predicted octanol–water partition coefficient (Wildman–Crippen LogP) is 2.76. The molecule has 0 unspecified atom stereocenters. The first-order chi connectivity index (χ1) is 16.5. The maximum absolute atomic E-state index is 13.0. The first-order valence-electron chi connectivity index (χ1n) is 10.6. The number of aryl methyl sites for hydroxylation is 1. The molecule has 0 fully saturated rings. The van der Waals surface area contributed by atoms with Crippen LogP contribution in [0.2, 0.25) is 0 Å². The maximum Gasteiger partial charge on any atom is 0.342 e. The summed E-state index contributed by atoms with van der Waals surface area (Å²) in [5.41, 5.74) is 4.29. The molecular weight excluding hydrogens is 450 g/mol. The number of hydrogen-bond donors (Lipinski definition) is 1. The van der Waals surface area contributed by atoms with Crippen molar-refractivity contribution in [3.8, 4) is 22.7 Å². The summed E-state index contributed by atoms with van der Waals surface area (Å²) in [6.45, 7) is 1.32. The third-order valence-corrected chi connectivity index (χ3v) is 5.38. The van der Waals surface area contributed by atoms with Crippen molar-refractivity contribution >= 4 is 17.4 Å². The van der Waals surface area contributed by atoms with E-state index in [0.29, 0.717) is 33.7 Å². The highest BCUT2D eigenvalue weighted by Gasteiger charge is 2.21. The zero-order valence-corrected chi connectivity index (χ0v) is 19.2. The summed E-state index contributed by atoms with van der Waals surface area (Å²) in [5, 5.41) is 15.8. The van der Waals surface area contributed by atoms with E-state index < -0.39 is 18.4 Å². The van der Waals surface area contributed by atoms with Crippen LogP contribution in [0, 0.1) is 12.1 Å². The molecular formula is C26H25N3O6. The quantitative estimate of drug-likeness (QED) is 0.180. The molecule has 0 aliphatic rings. The van der Waals surface area contributed by atoms with Gasteiger partial charge in [-0.25, -0.2) is 9.48 Å². The number of aromatic nitrogens is 2. The summed E-state index contributed by atoms with van der Waals surface area (Å²) in [5.74, 6) is -0.407. The fraction of sp³-hybridized carbons (Fsp3) is 0.115. The number of ether oxygens (including phenoxy) is 2. The van der Waals surface area contributed by atoms with E-state index in [-0.39, 0.29) is 11.0 Å². The zero-order chi connectivity index (χ0) is 24.1. The van der Waals surface area contributed by atoms with Gasteiger partial charge in [-0.1, -0.05) is 30.3 Å². The Morgan fingerprint density at radius 3 is 2.40 bits per heavy atom. The predicted molar refractivity (Wildman–Crippen MR) is 130 cm³/mol. The maximum atomic E-state index is 13.0. The molecule has 180 valence electrons. The zero-order valence-electron chi connectivity index (χ0n) is 19.2. The number of carbonyl (C=O) groups is 2. The normalized spacial score (nSPS) is 10.4. The number of esters is 1. The van der Waals surface area contributed by atoms with Gasteiger partial charge in [0.05, 0.1) is 12.8 Å². The summed E-state index contributed by atoms with van der Waals surface area (Å²) < 4.78 is 12.2. The van der Waals surface area contributed by atoms with E-state index in [2.05, 4.69) is 5.10 Å². The molecule has 4 rings (SSSR count). The number of nitrogens with zero attached hydrogens (tertiary/aromatic N) is 2. The van der Waals surface area contributed by atoms with Crippen LogP contribution in [-0.4, -0.2) is 40.7 Å². The lowest BCUT2D eigenvalue weighted by molar-refractivity contribution is -0.497. The van der Waals surface area contributed by atoms with Gasteiger partial charge in [0.25, 0.3) is 0 Å². The number of methoxy groups -OCH3 is 1. The van der Waals surface area contributed by atoms with E-state index in [9.17, 15) is 14.8 Å². The molecule has 0 saturated heterocycles. The molecule has 35 heavy (non-hydrogen) atoms. The van der Waals surface area contributed by atoms with Crippen LogP contribution < -0.4 is 10.2 Å². The van der Waals surface area contributed by atoms with Crippen molar-refractivity contribution in [2.75, 3.05) is 13.7 Å². The summed E-state index contributed by atoms with van der Waals surface area (Å²) in [4.78, 5) is 25.6. The van der Waals surface area contributed by atoms with Gasteiger partial charge in [0, 0.05) is 29.0 Å². The average Bonchev–Trinajstić information content (AvgIpc) is 3.33. The molecule has 0 saturated carbocycles. The number of nitrogens with two attached hydrogens (primary N) is 1. The lowest BCUT2D eigenvalue weighted by atomic mass is 10.1. The minimum atomic E-state index is -0.677. The molecule has 0 aliphatic heterocycles. The van der Waals surface area contributed by atoms with Crippen LogP contribution in [0.1, 0.15) is 26.3 Å². The standard InChI is InChI=1S/C26H23N3O5.H2O/c1-17-8-9-19(14-23(17)28-32)24(30)16-34-26(31)22-15-29(20-6-4-3-5-7-20)27-25(22)18-10-12-21(33-2)13-11-18;/h3-15H,16,28H2,1-2H3;1H2. The molecule has 9 heteroatoms. The van der Waals surface area contributed by atoms with Gasteiger partial charge >= 0.3 is 5.97 Å². The fourth-order valence-corrected chi connectivity index (χ4v) is 3.43. The molecule has 0 atom stereocenters. The summed E-state index contributed by atoms with van der Waals surface area (Å²) in [6.07, 6.45) is 1.58. The highest BCUT2D eigenvalue weighted by atomic mass is 16.5. The van der Waals surface area contributed by atoms with Crippen LogP contribution in [0.5, 0.6) is 5.75 Å². The van der Waals surface area contributed by atoms with Crippen molar-refractivity contribution in [1.29, 1.82) is 0 Å². The molecule has 3 aromatic carbocycles. The highest BCUT2D eigenvalue weighted by Crippen LogP contribution is 2.26. The van der Waals surface area contributed by atoms with Crippen LogP contribution in [0.15, 0.2) is 79.0 Å². The molecule has 0 spiro atoms. The molecule has 1 heterocycles. The monoisotopic (exact) mass is 475 g/mol. The van der Waals surface area contributed by atoms with Gasteiger partial charge in [0.2, 0.25) is 5.78 Å². The summed E-state index contributed by atoms with van der Waals surface area (Å²) in [6, 6.07) is 21.3. The Kier molecular flexibility index (Phi) is 8.11. The third kappa shape index (κ3) is 5.61.